The number of carbonyl (C=O) groups excluding carboxylic acids is 1. The molecule has 0 aliphatic rings. The fourth-order valence-corrected chi connectivity index (χ4v) is 2.32. The molecule has 0 saturated carbocycles. The van der Waals surface area contributed by atoms with E-state index >= 15 is 0 Å². The molecule has 0 aliphatic carbocycles. The zero-order valence-corrected chi connectivity index (χ0v) is 12.4. The van der Waals surface area contributed by atoms with Crippen molar-refractivity contribution in [3.63, 3.8) is 0 Å². The number of hydrogen-bond donors (Lipinski definition) is 2. The summed E-state index contributed by atoms with van der Waals surface area (Å²) in [5.41, 5.74) is 0.682. The van der Waals surface area contributed by atoms with Crippen LogP contribution in [-0.4, -0.2) is 22.0 Å². The lowest BCUT2D eigenvalue weighted by molar-refractivity contribution is 0.0698. The zero-order chi connectivity index (χ0) is 15.6. The van der Waals surface area contributed by atoms with Crippen LogP contribution in [0.5, 0.6) is 0 Å². The van der Waals surface area contributed by atoms with E-state index in [0.717, 1.165) is 0 Å². The molecule has 2 aromatic rings. The fourth-order valence-electron chi connectivity index (χ4n) is 1.77. The van der Waals surface area contributed by atoms with E-state index in [9.17, 15) is 14.7 Å². The summed E-state index contributed by atoms with van der Waals surface area (Å²) >= 11 is 11.7. The Hall–Kier alpha value is -2.11. The van der Waals surface area contributed by atoms with Crippen molar-refractivity contribution in [3.05, 3.63) is 57.3 Å². The summed E-state index contributed by atoms with van der Waals surface area (Å²) in [6.45, 7) is 1.68. The Morgan fingerprint density at radius 3 is 2.57 bits per heavy atom. The third kappa shape index (κ3) is 3.32. The quantitative estimate of drug-likeness (QED) is 0.903. The fraction of sp³-hybridized carbons (Fsp3) is 0.0714. The highest BCUT2D eigenvalue weighted by Gasteiger charge is 2.19. The molecule has 0 fully saturated rings. The summed E-state index contributed by atoms with van der Waals surface area (Å²) in [5.74, 6) is -1.73. The van der Waals surface area contributed by atoms with Gasteiger partial charge in [0.1, 0.15) is 0 Å². The largest absolute Gasteiger partial charge is 0.478 e. The molecule has 5 nitrogen and oxygen atoms in total. The van der Waals surface area contributed by atoms with Gasteiger partial charge in [-0.05, 0) is 31.2 Å². The van der Waals surface area contributed by atoms with Gasteiger partial charge in [-0.2, -0.15) is 0 Å². The molecular formula is C14H10Cl2N2O3. The van der Waals surface area contributed by atoms with Crippen molar-refractivity contribution in [2.24, 2.45) is 0 Å². The summed E-state index contributed by atoms with van der Waals surface area (Å²) in [4.78, 5) is 27.4. The minimum absolute atomic E-state index is 0.00168. The summed E-state index contributed by atoms with van der Waals surface area (Å²) in [6.07, 6.45) is 1.56. The van der Waals surface area contributed by atoms with E-state index in [4.69, 9.17) is 23.2 Å². The van der Waals surface area contributed by atoms with Gasteiger partial charge in [0.15, 0.2) is 0 Å². The lowest BCUT2D eigenvalue weighted by Gasteiger charge is -2.12. The number of amides is 1. The van der Waals surface area contributed by atoms with Crippen LogP contribution in [0, 0.1) is 6.92 Å². The molecule has 2 rings (SSSR count). The average molecular weight is 325 g/mol. The molecule has 108 valence electrons. The predicted octanol–water partition coefficient (Wildman–Crippen LogP) is 3.65. The van der Waals surface area contributed by atoms with E-state index in [2.05, 4.69) is 10.3 Å². The number of carbonyl (C=O) groups is 2. The van der Waals surface area contributed by atoms with Crippen molar-refractivity contribution < 1.29 is 14.7 Å². The molecule has 0 spiro atoms. The van der Waals surface area contributed by atoms with Crippen LogP contribution >= 0.6 is 23.2 Å². The third-order valence-electron chi connectivity index (χ3n) is 2.78. The molecule has 21 heavy (non-hydrogen) atoms. The van der Waals surface area contributed by atoms with Crippen LogP contribution in [-0.2, 0) is 0 Å². The van der Waals surface area contributed by atoms with E-state index in [1.807, 2.05) is 0 Å². The third-order valence-corrected chi connectivity index (χ3v) is 3.29. The first kappa shape index (κ1) is 15.3. The minimum atomic E-state index is -1.24. The summed E-state index contributed by atoms with van der Waals surface area (Å²) in [5, 5.41) is 11.9. The van der Waals surface area contributed by atoms with Gasteiger partial charge >= 0.3 is 5.97 Å². The molecule has 0 unspecified atom stereocenters. The molecule has 0 aliphatic heterocycles. The Labute approximate surface area is 130 Å². The SMILES string of the molecule is Cc1ncccc1C(=O)Nc1c(Cl)cc(Cl)cc1C(=O)O. The second-order valence-electron chi connectivity index (χ2n) is 4.21. The van der Waals surface area contributed by atoms with Crippen molar-refractivity contribution in [1.29, 1.82) is 0 Å². The Kier molecular flexibility index (Phi) is 4.45. The minimum Gasteiger partial charge on any atom is -0.478 e. The average Bonchev–Trinajstić information content (AvgIpc) is 2.41. The topological polar surface area (TPSA) is 79.3 Å². The molecular weight excluding hydrogens is 315 g/mol. The van der Waals surface area contributed by atoms with Gasteiger partial charge in [0, 0.05) is 16.9 Å². The molecule has 0 saturated heterocycles. The monoisotopic (exact) mass is 324 g/mol. The van der Waals surface area contributed by atoms with Crippen molar-refractivity contribution in [1.82, 2.24) is 4.98 Å². The van der Waals surface area contributed by atoms with Crippen LogP contribution in [0.25, 0.3) is 0 Å². The Morgan fingerprint density at radius 1 is 1.24 bits per heavy atom. The number of anilines is 1. The lowest BCUT2D eigenvalue weighted by atomic mass is 10.1. The number of carboxylic acid groups (broad SMARTS) is 1. The summed E-state index contributed by atoms with van der Waals surface area (Å²) < 4.78 is 0. The smallest absolute Gasteiger partial charge is 0.337 e. The first-order valence-electron chi connectivity index (χ1n) is 5.85. The molecule has 0 atom stereocenters. The highest BCUT2D eigenvalue weighted by molar-refractivity contribution is 6.38. The number of aryl methyl sites for hydroxylation is 1. The number of carboxylic acids is 1. The second kappa shape index (κ2) is 6.11. The number of benzene rings is 1. The van der Waals surface area contributed by atoms with Crippen LogP contribution in [0.3, 0.4) is 0 Å². The van der Waals surface area contributed by atoms with Gasteiger partial charge in [0.2, 0.25) is 0 Å². The number of aromatic carboxylic acids is 1. The number of nitrogens with zero attached hydrogens (tertiary/aromatic N) is 1. The first-order valence-corrected chi connectivity index (χ1v) is 6.61. The van der Waals surface area contributed by atoms with Crippen molar-refractivity contribution >= 4 is 40.8 Å². The Balaban J connectivity index is 2.42. The standard InChI is InChI=1S/C14H10Cl2N2O3/c1-7-9(3-2-4-17-7)13(19)18-12-10(14(20)21)5-8(15)6-11(12)16/h2-6H,1H3,(H,18,19)(H,20,21). The van der Waals surface area contributed by atoms with Crippen LogP contribution in [0.1, 0.15) is 26.4 Å². The van der Waals surface area contributed by atoms with Crippen LogP contribution in [0.4, 0.5) is 5.69 Å². The normalized spacial score (nSPS) is 10.2. The molecule has 1 amide bonds. The van der Waals surface area contributed by atoms with Gasteiger partial charge < -0.3 is 10.4 Å². The maximum absolute atomic E-state index is 12.2. The number of pyridine rings is 1. The number of aromatic nitrogens is 1. The van der Waals surface area contributed by atoms with Gasteiger partial charge in [-0.3, -0.25) is 9.78 Å². The highest BCUT2D eigenvalue weighted by atomic mass is 35.5. The lowest BCUT2D eigenvalue weighted by Crippen LogP contribution is -2.16. The number of nitrogens with one attached hydrogen (secondary N) is 1. The molecule has 0 radical (unpaired) electrons. The van der Waals surface area contributed by atoms with Crippen LogP contribution < -0.4 is 5.32 Å². The van der Waals surface area contributed by atoms with E-state index in [-0.39, 0.29) is 21.3 Å². The zero-order valence-electron chi connectivity index (χ0n) is 10.9. The van der Waals surface area contributed by atoms with Gasteiger partial charge in [0.25, 0.3) is 5.91 Å². The van der Waals surface area contributed by atoms with Crippen molar-refractivity contribution in [2.75, 3.05) is 5.32 Å². The van der Waals surface area contributed by atoms with Gasteiger partial charge in [-0.1, -0.05) is 23.2 Å². The van der Waals surface area contributed by atoms with E-state index in [0.29, 0.717) is 11.3 Å². The highest BCUT2D eigenvalue weighted by Crippen LogP contribution is 2.30. The Morgan fingerprint density at radius 2 is 1.95 bits per heavy atom. The first-order chi connectivity index (χ1) is 9.90. The van der Waals surface area contributed by atoms with Gasteiger partial charge in [-0.15, -0.1) is 0 Å². The predicted molar refractivity (Wildman–Crippen MR) is 80.3 cm³/mol. The van der Waals surface area contributed by atoms with E-state index in [1.165, 1.54) is 12.1 Å². The molecule has 2 N–H and O–H groups in total. The van der Waals surface area contributed by atoms with Crippen molar-refractivity contribution in [3.8, 4) is 0 Å². The van der Waals surface area contributed by atoms with Crippen molar-refractivity contribution in [2.45, 2.75) is 6.92 Å². The van der Waals surface area contributed by atoms with Crippen LogP contribution in [0.2, 0.25) is 10.0 Å². The maximum atomic E-state index is 12.2. The van der Waals surface area contributed by atoms with Gasteiger partial charge in [0.05, 0.1) is 21.8 Å². The van der Waals surface area contributed by atoms with Crippen LogP contribution in [0.15, 0.2) is 30.5 Å². The molecule has 1 aromatic carbocycles. The maximum Gasteiger partial charge on any atom is 0.337 e. The number of hydrogen-bond acceptors (Lipinski definition) is 3. The molecule has 1 heterocycles. The van der Waals surface area contributed by atoms with E-state index in [1.54, 1.807) is 25.3 Å². The summed E-state index contributed by atoms with van der Waals surface area (Å²) in [6, 6.07) is 5.79. The molecule has 7 heteroatoms. The number of halogens is 2. The van der Waals surface area contributed by atoms with Gasteiger partial charge in [-0.25, -0.2) is 4.79 Å². The summed E-state index contributed by atoms with van der Waals surface area (Å²) in [7, 11) is 0. The Bertz CT molecular complexity index is 732. The second-order valence-corrected chi connectivity index (χ2v) is 5.05. The number of rotatable bonds is 3. The molecule has 0 bridgehead atoms. The molecule has 1 aromatic heterocycles. The van der Waals surface area contributed by atoms with E-state index < -0.39 is 11.9 Å².